The van der Waals surface area contributed by atoms with Crippen molar-refractivity contribution in [1.82, 2.24) is 4.57 Å². The van der Waals surface area contributed by atoms with Crippen molar-refractivity contribution in [2.45, 2.75) is 20.8 Å². The first kappa shape index (κ1) is 20.1. The highest BCUT2D eigenvalue weighted by Crippen LogP contribution is 2.36. The van der Waals surface area contributed by atoms with E-state index in [9.17, 15) is 14.3 Å². The smallest absolute Gasteiger partial charge is 0.338 e. The summed E-state index contributed by atoms with van der Waals surface area (Å²) in [6, 6.07) is 13.8. The molecule has 0 atom stereocenters. The molecule has 2 aromatic carbocycles. The molecule has 0 fully saturated rings. The van der Waals surface area contributed by atoms with Gasteiger partial charge in [0.1, 0.15) is 11.6 Å². The maximum absolute atomic E-state index is 13.9. The lowest BCUT2D eigenvalue weighted by Crippen LogP contribution is -2.07. The number of halogens is 2. The quantitative estimate of drug-likeness (QED) is 0.499. The number of aryl methyl sites for hydroxylation is 1. The minimum atomic E-state index is -1.30. The Bertz CT molecular complexity index is 1030. The van der Waals surface area contributed by atoms with Gasteiger partial charge in [0.15, 0.2) is 0 Å². The number of carbonyl (C=O) groups is 1. The predicted octanol–water partition coefficient (Wildman–Crippen LogP) is 6.09. The van der Waals surface area contributed by atoms with Crippen LogP contribution in [-0.2, 0) is 0 Å². The Hall–Kier alpha value is -2.60. The molecule has 0 amide bonds. The molecule has 0 radical (unpaired) electrons. The topological polar surface area (TPSA) is 51.5 Å². The zero-order chi connectivity index (χ0) is 20.4. The van der Waals surface area contributed by atoms with Crippen LogP contribution in [0.2, 0.25) is 0 Å². The molecule has 0 bridgehead atoms. The van der Waals surface area contributed by atoms with Gasteiger partial charge in [-0.2, -0.15) is 0 Å². The number of nitrogens with zero attached hydrogens (tertiary/aromatic N) is 1. The molecule has 0 aliphatic heterocycles. The average Bonchev–Trinajstić information content (AvgIpc) is 3.02. The average molecular weight is 446 g/mol. The highest BCUT2D eigenvalue weighted by Gasteiger charge is 2.17. The Morgan fingerprint density at radius 1 is 1.18 bits per heavy atom. The second-order valence-electron chi connectivity index (χ2n) is 7.01. The van der Waals surface area contributed by atoms with E-state index in [1.807, 2.05) is 41.8 Å². The van der Waals surface area contributed by atoms with E-state index in [4.69, 9.17) is 4.74 Å². The molecule has 0 aliphatic carbocycles. The first-order chi connectivity index (χ1) is 13.3. The number of rotatable bonds is 6. The molecule has 0 saturated heterocycles. The van der Waals surface area contributed by atoms with Crippen molar-refractivity contribution in [3.05, 3.63) is 70.1 Å². The third-order valence-electron chi connectivity index (χ3n) is 4.30. The molecule has 1 aromatic heterocycles. The minimum Gasteiger partial charge on any atom is -0.493 e. The Morgan fingerprint density at radius 2 is 1.93 bits per heavy atom. The Morgan fingerprint density at radius 3 is 2.61 bits per heavy atom. The Balaban J connectivity index is 2.16. The van der Waals surface area contributed by atoms with Crippen molar-refractivity contribution in [3.63, 3.8) is 0 Å². The van der Waals surface area contributed by atoms with Gasteiger partial charge in [0.25, 0.3) is 0 Å². The summed E-state index contributed by atoms with van der Waals surface area (Å²) in [5, 5.41) is 9.27. The van der Waals surface area contributed by atoms with Crippen molar-refractivity contribution < 1.29 is 19.0 Å². The van der Waals surface area contributed by atoms with Gasteiger partial charge in [-0.1, -0.05) is 29.8 Å². The maximum atomic E-state index is 13.9. The zero-order valence-electron chi connectivity index (χ0n) is 15.9. The zero-order valence-corrected chi connectivity index (χ0v) is 17.5. The van der Waals surface area contributed by atoms with Gasteiger partial charge in [-0.3, -0.25) is 0 Å². The van der Waals surface area contributed by atoms with Crippen LogP contribution in [0.25, 0.3) is 16.9 Å². The lowest BCUT2D eigenvalue weighted by molar-refractivity contribution is 0.0692. The number of benzene rings is 2. The third-order valence-corrected chi connectivity index (χ3v) is 4.80. The van der Waals surface area contributed by atoms with Crippen LogP contribution < -0.4 is 4.74 Å². The van der Waals surface area contributed by atoms with Crippen LogP contribution in [0.15, 0.2) is 53.0 Å². The number of aromatic nitrogens is 1. The summed E-state index contributed by atoms with van der Waals surface area (Å²) in [6.07, 6.45) is 0. The highest BCUT2D eigenvalue weighted by molar-refractivity contribution is 9.10. The van der Waals surface area contributed by atoms with Gasteiger partial charge in [-0.25, -0.2) is 9.18 Å². The number of aromatic carboxylic acids is 1. The number of ether oxygens (including phenoxy) is 1. The molecule has 3 aromatic rings. The normalized spacial score (nSPS) is 11.1. The van der Waals surface area contributed by atoms with Gasteiger partial charge in [0, 0.05) is 21.4 Å². The first-order valence-electron chi connectivity index (χ1n) is 8.92. The summed E-state index contributed by atoms with van der Waals surface area (Å²) in [5.41, 5.74) is 2.81. The molecule has 6 heteroatoms. The molecule has 3 rings (SSSR count). The monoisotopic (exact) mass is 445 g/mol. The van der Waals surface area contributed by atoms with Crippen LogP contribution in [0.3, 0.4) is 0 Å². The summed E-state index contributed by atoms with van der Waals surface area (Å²) in [5.74, 6) is -0.947. The maximum Gasteiger partial charge on any atom is 0.338 e. The van der Waals surface area contributed by atoms with E-state index < -0.39 is 11.8 Å². The molecular weight excluding hydrogens is 425 g/mol. The summed E-state index contributed by atoms with van der Waals surface area (Å²) in [7, 11) is 0. The van der Waals surface area contributed by atoms with Gasteiger partial charge in [-0.15, -0.1) is 0 Å². The lowest BCUT2D eigenvalue weighted by atomic mass is 10.1. The van der Waals surface area contributed by atoms with E-state index in [1.54, 1.807) is 6.07 Å². The fourth-order valence-electron chi connectivity index (χ4n) is 2.99. The fourth-order valence-corrected chi connectivity index (χ4v) is 3.35. The van der Waals surface area contributed by atoms with Crippen LogP contribution in [0.1, 0.15) is 29.9 Å². The molecule has 0 aliphatic rings. The standard InChI is InChI=1S/C22H21BrFNO3/c1-13(2)12-28-21-9-5-15(23)10-18(21)20-8-4-14(3)25(20)16-6-7-19(24)17(11-16)22(26)27/h4-11,13H,12H2,1-3H3,(H,26,27). The number of carboxylic acid groups (broad SMARTS) is 1. The van der Waals surface area contributed by atoms with Crippen molar-refractivity contribution >= 4 is 21.9 Å². The number of hydrogen-bond donors (Lipinski definition) is 1. The van der Waals surface area contributed by atoms with E-state index in [0.29, 0.717) is 18.2 Å². The van der Waals surface area contributed by atoms with Gasteiger partial charge < -0.3 is 14.4 Å². The molecule has 4 nitrogen and oxygen atoms in total. The Labute approximate surface area is 171 Å². The van der Waals surface area contributed by atoms with E-state index in [2.05, 4.69) is 29.8 Å². The third kappa shape index (κ3) is 4.12. The first-order valence-corrected chi connectivity index (χ1v) is 9.71. The molecule has 1 heterocycles. The van der Waals surface area contributed by atoms with Crippen LogP contribution >= 0.6 is 15.9 Å². The van der Waals surface area contributed by atoms with Crippen LogP contribution in [-0.4, -0.2) is 22.2 Å². The van der Waals surface area contributed by atoms with Crippen LogP contribution in [0.5, 0.6) is 5.75 Å². The summed E-state index contributed by atoms with van der Waals surface area (Å²) in [6.45, 7) is 6.66. The summed E-state index contributed by atoms with van der Waals surface area (Å²) in [4.78, 5) is 11.4. The fraction of sp³-hybridized carbons (Fsp3) is 0.227. The van der Waals surface area contributed by atoms with Gasteiger partial charge in [0.2, 0.25) is 0 Å². The Kier molecular flexibility index (Phi) is 5.89. The van der Waals surface area contributed by atoms with Crippen LogP contribution in [0.4, 0.5) is 4.39 Å². The molecule has 146 valence electrons. The number of carboxylic acids is 1. The van der Waals surface area contributed by atoms with E-state index in [0.717, 1.165) is 27.2 Å². The highest BCUT2D eigenvalue weighted by atomic mass is 79.9. The largest absolute Gasteiger partial charge is 0.493 e. The van der Waals surface area contributed by atoms with Crippen molar-refractivity contribution in [1.29, 1.82) is 0 Å². The van der Waals surface area contributed by atoms with Gasteiger partial charge >= 0.3 is 5.97 Å². The molecule has 1 N–H and O–H groups in total. The molecular formula is C22H21BrFNO3. The van der Waals surface area contributed by atoms with Crippen molar-refractivity contribution in [2.75, 3.05) is 6.61 Å². The predicted molar refractivity (Wildman–Crippen MR) is 111 cm³/mol. The lowest BCUT2D eigenvalue weighted by Gasteiger charge is -2.17. The molecule has 0 spiro atoms. The van der Waals surface area contributed by atoms with E-state index >= 15 is 0 Å². The van der Waals surface area contributed by atoms with Crippen molar-refractivity contribution in [2.24, 2.45) is 5.92 Å². The molecule has 0 saturated carbocycles. The summed E-state index contributed by atoms with van der Waals surface area (Å²) >= 11 is 3.51. The SMILES string of the molecule is Cc1ccc(-c2cc(Br)ccc2OCC(C)C)n1-c1ccc(F)c(C(=O)O)c1. The van der Waals surface area contributed by atoms with E-state index in [-0.39, 0.29) is 5.56 Å². The number of hydrogen-bond acceptors (Lipinski definition) is 2. The van der Waals surface area contributed by atoms with E-state index in [1.165, 1.54) is 12.1 Å². The molecule has 28 heavy (non-hydrogen) atoms. The minimum absolute atomic E-state index is 0.359. The second-order valence-corrected chi connectivity index (χ2v) is 7.93. The van der Waals surface area contributed by atoms with Crippen LogP contribution in [0, 0.1) is 18.7 Å². The van der Waals surface area contributed by atoms with Gasteiger partial charge in [-0.05, 0) is 61.4 Å². The molecule has 0 unspecified atom stereocenters. The summed E-state index contributed by atoms with van der Waals surface area (Å²) < 4.78 is 22.7. The second kappa shape index (κ2) is 8.19. The van der Waals surface area contributed by atoms with Gasteiger partial charge in [0.05, 0.1) is 17.9 Å². The van der Waals surface area contributed by atoms with Crippen molar-refractivity contribution in [3.8, 4) is 22.7 Å².